The fraction of sp³-hybridized carbons (Fsp3) is 0.500. The van der Waals surface area contributed by atoms with E-state index >= 15 is 0 Å². The number of halogens is 2. The van der Waals surface area contributed by atoms with Crippen molar-refractivity contribution in [1.82, 2.24) is 5.32 Å². The maximum atomic E-state index is 13.5. The number of unbranched alkanes of at least 4 members (excludes halogenated alkanes) is 3. The lowest BCUT2D eigenvalue weighted by Crippen LogP contribution is -2.25. The Bertz CT molecular complexity index is 414. The molecule has 0 fully saturated rings. The van der Waals surface area contributed by atoms with Gasteiger partial charge in [-0.1, -0.05) is 28.8 Å². The molecule has 19 heavy (non-hydrogen) atoms. The van der Waals surface area contributed by atoms with Crippen LogP contribution in [0.25, 0.3) is 0 Å². The van der Waals surface area contributed by atoms with Gasteiger partial charge in [0, 0.05) is 11.0 Å². The first-order valence-electron chi connectivity index (χ1n) is 6.37. The van der Waals surface area contributed by atoms with Gasteiger partial charge in [-0.05, 0) is 43.0 Å². The van der Waals surface area contributed by atoms with Crippen LogP contribution in [0, 0.1) is 5.82 Å². The Balaban J connectivity index is 2.24. The molecular weight excluding hydrogens is 329 g/mol. The molecule has 0 aromatic heterocycles. The van der Waals surface area contributed by atoms with E-state index in [-0.39, 0.29) is 11.5 Å². The molecule has 0 radical (unpaired) electrons. The van der Waals surface area contributed by atoms with E-state index in [0.29, 0.717) is 11.0 Å². The summed E-state index contributed by atoms with van der Waals surface area (Å²) in [6.07, 6.45) is 6.55. The number of amides is 1. The van der Waals surface area contributed by atoms with E-state index in [1.807, 2.05) is 11.8 Å². The van der Waals surface area contributed by atoms with E-state index < -0.39 is 5.82 Å². The second kappa shape index (κ2) is 9.37. The van der Waals surface area contributed by atoms with Crippen LogP contribution in [0.4, 0.5) is 4.39 Å². The number of nitrogens with one attached hydrogen (secondary N) is 1. The Hall–Kier alpha value is -0.550. The predicted octanol–water partition coefficient (Wildman–Crippen LogP) is 4.24. The van der Waals surface area contributed by atoms with Crippen LogP contribution < -0.4 is 5.32 Å². The summed E-state index contributed by atoms with van der Waals surface area (Å²) in [6, 6.07) is 4.46. The Kier molecular flexibility index (Phi) is 8.14. The average Bonchev–Trinajstić information content (AvgIpc) is 2.37. The third-order valence-corrected chi connectivity index (χ3v) is 3.93. The smallest absolute Gasteiger partial charge is 0.254 e. The summed E-state index contributed by atoms with van der Waals surface area (Å²) < 4.78 is 14.2. The largest absolute Gasteiger partial charge is 0.352 e. The third-order valence-electron chi connectivity index (χ3n) is 2.74. The van der Waals surface area contributed by atoms with Crippen molar-refractivity contribution in [3.63, 3.8) is 0 Å². The Morgan fingerprint density at radius 2 is 2.05 bits per heavy atom. The van der Waals surface area contributed by atoms with Crippen molar-refractivity contribution in [3.05, 3.63) is 34.1 Å². The van der Waals surface area contributed by atoms with E-state index in [9.17, 15) is 9.18 Å². The Labute approximate surface area is 126 Å². The minimum atomic E-state index is -0.494. The number of benzene rings is 1. The van der Waals surface area contributed by atoms with Gasteiger partial charge in [-0.15, -0.1) is 0 Å². The van der Waals surface area contributed by atoms with E-state index in [2.05, 4.69) is 27.5 Å². The van der Waals surface area contributed by atoms with Gasteiger partial charge >= 0.3 is 0 Å². The van der Waals surface area contributed by atoms with Crippen LogP contribution in [-0.2, 0) is 0 Å². The Morgan fingerprint density at radius 1 is 1.32 bits per heavy atom. The number of hydrogen-bond donors (Lipinski definition) is 1. The number of hydrogen-bond acceptors (Lipinski definition) is 2. The highest BCUT2D eigenvalue weighted by Gasteiger charge is 2.10. The quantitative estimate of drug-likeness (QED) is 0.712. The van der Waals surface area contributed by atoms with Gasteiger partial charge in [-0.2, -0.15) is 11.8 Å². The van der Waals surface area contributed by atoms with E-state index in [0.717, 1.165) is 12.8 Å². The molecule has 0 aliphatic carbocycles. The van der Waals surface area contributed by atoms with Crippen molar-refractivity contribution in [2.45, 2.75) is 25.7 Å². The molecule has 1 aromatic rings. The molecule has 0 aliphatic rings. The summed E-state index contributed by atoms with van der Waals surface area (Å²) in [5.41, 5.74) is 0.102. The minimum absolute atomic E-state index is 0.102. The molecular formula is C14H19BrFNOS. The van der Waals surface area contributed by atoms with E-state index in [1.54, 1.807) is 6.07 Å². The summed E-state index contributed by atoms with van der Waals surface area (Å²) >= 11 is 5.02. The average molecular weight is 348 g/mol. The van der Waals surface area contributed by atoms with Gasteiger partial charge in [0.25, 0.3) is 5.91 Å². The van der Waals surface area contributed by atoms with Gasteiger partial charge < -0.3 is 5.32 Å². The molecule has 5 heteroatoms. The zero-order valence-electron chi connectivity index (χ0n) is 11.0. The first kappa shape index (κ1) is 16.5. The highest BCUT2D eigenvalue weighted by molar-refractivity contribution is 9.10. The van der Waals surface area contributed by atoms with Crippen LogP contribution in [0.5, 0.6) is 0 Å². The predicted molar refractivity (Wildman–Crippen MR) is 83.3 cm³/mol. The molecule has 2 nitrogen and oxygen atoms in total. The molecule has 0 saturated heterocycles. The van der Waals surface area contributed by atoms with Crippen molar-refractivity contribution in [2.24, 2.45) is 0 Å². The molecule has 0 atom stereocenters. The standard InChI is InChI=1S/C14H19BrFNOS/c1-19-9-5-3-2-4-8-17-14(18)12-7-6-11(15)10-13(12)16/h6-7,10H,2-5,8-9H2,1H3,(H,17,18). The van der Waals surface area contributed by atoms with Gasteiger partial charge in [0.2, 0.25) is 0 Å². The minimum Gasteiger partial charge on any atom is -0.352 e. The molecule has 0 aliphatic heterocycles. The number of thioether (sulfide) groups is 1. The van der Waals surface area contributed by atoms with Gasteiger partial charge in [0.05, 0.1) is 5.56 Å². The van der Waals surface area contributed by atoms with Crippen LogP contribution in [0.3, 0.4) is 0 Å². The van der Waals surface area contributed by atoms with Crippen molar-refractivity contribution in [2.75, 3.05) is 18.6 Å². The molecule has 0 heterocycles. The number of carbonyl (C=O) groups excluding carboxylic acids is 1. The van der Waals surface area contributed by atoms with Gasteiger partial charge in [-0.25, -0.2) is 4.39 Å². The third kappa shape index (κ3) is 6.43. The lowest BCUT2D eigenvalue weighted by molar-refractivity contribution is 0.0949. The first-order valence-corrected chi connectivity index (χ1v) is 8.56. The van der Waals surface area contributed by atoms with Crippen LogP contribution in [0.1, 0.15) is 36.0 Å². The van der Waals surface area contributed by atoms with Crippen molar-refractivity contribution >= 4 is 33.6 Å². The monoisotopic (exact) mass is 347 g/mol. The topological polar surface area (TPSA) is 29.1 Å². The highest BCUT2D eigenvalue weighted by atomic mass is 79.9. The number of rotatable bonds is 8. The van der Waals surface area contributed by atoms with Gasteiger partial charge in [0.15, 0.2) is 0 Å². The maximum absolute atomic E-state index is 13.5. The van der Waals surface area contributed by atoms with Gasteiger partial charge in [-0.3, -0.25) is 4.79 Å². The second-order valence-corrected chi connectivity index (χ2v) is 6.19. The van der Waals surface area contributed by atoms with Crippen LogP contribution in [-0.4, -0.2) is 24.5 Å². The van der Waals surface area contributed by atoms with Crippen LogP contribution in [0.15, 0.2) is 22.7 Å². The SMILES string of the molecule is CSCCCCCCNC(=O)c1ccc(Br)cc1F. The van der Waals surface area contributed by atoms with Gasteiger partial charge in [0.1, 0.15) is 5.82 Å². The maximum Gasteiger partial charge on any atom is 0.254 e. The Morgan fingerprint density at radius 3 is 2.74 bits per heavy atom. The molecule has 1 amide bonds. The van der Waals surface area contributed by atoms with E-state index in [1.165, 1.54) is 30.7 Å². The lowest BCUT2D eigenvalue weighted by atomic mass is 10.2. The number of carbonyl (C=O) groups is 1. The molecule has 106 valence electrons. The zero-order valence-corrected chi connectivity index (χ0v) is 13.4. The molecule has 0 spiro atoms. The fourth-order valence-corrected chi connectivity index (χ4v) is 2.52. The fourth-order valence-electron chi connectivity index (χ4n) is 1.70. The molecule has 0 saturated carbocycles. The van der Waals surface area contributed by atoms with Crippen LogP contribution >= 0.6 is 27.7 Å². The summed E-state index contributed by atoms with van der Waals surface area (Å²) in [5, 5.41) is 2.75. The zero-order chi connectivity index (χ0) is 14.1. The lowest BCUT2D eigenvalue weighted by Gasteiger charge is -2.06. The van der Waals surface area contributed by atoms with Crippen molar-refractivity contribution < 1.29 is 9.18 Å². The van der Waals surface area contributed by atoms with Crippen molar-refractivity contribution in [1.29, 1.82) is 0 Å². The molecule has 1 rings (SSSR count). The second-order valence-electron chi connectivity index (χ2n) is 4.29. The summed E-state index contributed by atoms with van der Waals surface area (Å²) in [7, 11) is 0. The normalized spacial score (nSPS) is 10.5. The van der Waals surface area contributed by atoms with E-state index in [4.69, 9.17) is 0 Å². The summed E-state index contributed by atoms with van der Waals surface area (Å²) in [4.78, 5) is 11.7. The summed E-state index contributed by atoms with van der Waals surface area (Å²) in [5.74, 6) is 0.358. The molecule has 1 N–H and O–H groups in total. The highest BCUT2D eigenvalue weighted by Crippen LogP contribution is 2.15. The first-order chi connectivity index (χ1) is 9.15. The van der Waals surface area contributed by atoms with Crippen LogP contribution in [0.2, 0.25) is 0 Å². The molecule has 1 aromatic carbocycles. The molecule has 0 unspecified atom stereocenters. The van der Waals surface area contributed by atoms with Crippen molar-refractivity contribution in [3.8, 4) is 0 Å². The molecule has 0 bridgehead atoms. The summed E-state index contributed by atoms with van der Waals surface area (Å²) in [6.45, 7) is 0.605.